The van der Waals surface area contributed by atoms with Crippen molar-refractivity contribution in [3.8, 4) is 5.69 Å². The molecule has 1 aromatic heterocycles. The molecule has 1 aliphatic rings. The van der Waals surface area contributed by atoms with E-state index in [0.717, 1.165) is 12.8 Å². The van der Waals surface area contributed by atoms with Gasteiger partial charge in [-0.1, -0.05) is 12.1 Å². The van der Waals surface area contributed by atoms with Crippen LogP contribution in [0, 0.1) is 5.82 Å². The number of amides is 1. The van der Waals surface area contributed by atoms with Crippen molar-refractivity contribution in [3.05, 3.63) is 70.5 Å². The molecule has 0 unspecified atom stereocenters. The van der Waals surface area contributed by atoms with E-state index in [1.54, 1.807) is 30.3 Å². The molecular formula is C24H27FN4O2. The standard InChI is InChI=1S/C24H27FN4O2/c1-23(2)12-16(13-24(3,4)28-23)27-21(30)15-9-10-17-19(11-15)26-14-29(22(17)31)20-8-6-5-7-18(20)25/h5-11,14,16,28H,12-13H2,1-4H3,(H,27,30). The Hall–Kier alpha value is -3.06. The Morgan fingerprint density at radius 2 is 1.81 bits per heavy atom. The molecule has 1 fully saturated rings. The molecule has 0 atom stereocenters. The van der Waals surface area contributed by atoms with E-state index in [1.807, 2.05) is 0 Å². The fourth-order valence-corrected chi connectivity index (χ4v) is 4.77. The van der Waals surface area contributed by atoms with Crippen molar-refractivity contribution >= 4 is 16.8 Å². The van der Waals surface area contributed by atoms with Gasteiger partial charge in [0.15, 0.2) is 0 Å². The predicted molar refractivity (Wildman–Crippen MR) is 119 cm³/mol. The summed E-state index contributed by atoms with van der Waals surface area (Å²) in [7, 11) is 0. The van der Waals surface area contributed by atoms with Gasteiger partial charge in [-0.2, -0.15) is 0 Å². The minimum Gasteiger partial charge on any atom is -0.349 e. The average molecular weight is 423 g/mol. The number of hydrogen-bond donors (Lipinski definition) is 2. The van der Waals surface area contributed by atoms with E-state index < -0.39 is 5.82 Å². The number of hydrogen-bond acceptors (Lipinski definition) is 4. The normalized spacial score (nSPS) is 18.1. The first-order valence-corrected chi connectivity index (χ1v) is 10.4. The highest BCUT2D eigenvalue weighted by Crippen LogP contribution is 2.28. The van der Waals surface area contributed by atoms with Gasteiger partial charge in [-0.15, -0.1) is 0 Å². The zero-order chi connectivity index (χ0) is 22.4. The number of carbonyl (C=O) groups is 1. The molecule has 3 aromatic rings. The van der Waals surface area contributed by atoms with Crippen LogP contribution in [0.5, 0.6) is 0 Å². The molecule has 6 nitrogen and oxygen atoms in total. The van der Waals surface area contributed by atoms with Gasteiger partial charge in [0.1, 0.15) is 12.1 Å². The fraction of sp³-hybridized carbons (Fsp3) is 0.375. The van der Waals surface area contributed by atoms with E-state index in [4.69, 9.17) is 0 Å². The molecule has 1 aliphatic heterocycles. The van der Waals surface area contributed by atoms with E-state index in [1.165, 1.54) is 23.0 Å². The lowest BCUT2D eigenvalue weighted by atomic mass is 9.79. The first-order chi connectivity index (χ1) is 14.5. The van der Waals surface area contributed by atoms with E-state index >= 15 is 0 Å². The summed E-state index contributed by atoms with van der Waals surface area (Å²) < 4.78 is 15.3. The Kier molecular flexibility index (Phi) is 5.17. The lowest BCUT2D eigenvalue weighted by Gasteiger charge is -2.46. The number of carbonyl (C=O) groups excluding carboxylic acids is 1. The van der Waals surface area contributed by atoms with Crippen LogP contribution >= 0.6 is 0 Å². The SMILES string of the molecule is CC1(C)CC(NC(=O)c2ccc3c(=O)n(-c4ccccc4F)cnc3c2)CC(C)(C)N1. The predicted octanol–water partition coefficient (Wildman–Crippen LogP) is 3.56. The number of piperidine rings is 1. The third-order valence-electron chi connectivity index (χ3n) is 5.66. The highest BCUT2D eigenvalue weighted by atomic mass is 19.1. The molecule has 0 radical (unpaired) electrons. The number of para-hydroxylation sites is 1. The zero-order valence-corrected chi connectivity index (χ0v) is 18.2. The maximum Gasteiger partial charge on any atom is 0.265 e. The lowest BCUT2D eigenvalue weighted by Crippen LogP contribution is -2.62. The monoisotopic (exact) mass is 422 g/mol. The van der Waals surface area contributed by atoms with E-state index in [9.17, 15) is 14.0 Å². The summed E-state index contributed by atoms with van der Waals surface area (Å²) in [5.41, 5.74) is 0.433. The Labute approximate surface area is 180 Å². The average Bonchev–Trinajstić information content (AvgIpc) is 2.66. The molecule has 2 N–H and O–H groups in total. The molecule has 4 rings (SSSR count). The maximum atomic E-state index is 14.1. The van der Waals surface area contributed by atoms with Gasteiger partial charge < -0.3 is 10.6 Å². The molecule has 162 valence electrons. The molecule has 0 spiro atoms. The number of rotatable bonds is 3. The van der Waals surface area contributed by atoms with Gasteiger partial charge in [-0.05, 0) is 70.9 Å². The molecule has 2 heterocycles. The van der Waals surface area contributed by atoms with Crippen molar-refractivity contribution in [2.24, 2.45) is 0 Å². The van der Waals surface area contributed by atoms with Crippen LogP contribution < -0.4 is 16.2 Å². The van der Waals surface area contributed by atoms with Gasteiger partial charge in [0.05, 0.1) is 16.6 Å². The second-order valence-corrected chi connectivity index (χ2v) is 9.57. The van der Waals surface area contributed by atoms with Crippen LogP contribution in [0.1, 0.15) is 50.9 Å². The Bertz CT molecular complexity index is 1200. The third kappa shape index (κ3) is 4.37. The summed E-state index contributed by atoms with van der Waals surface area (Å²) in [6.45, 7) is 8.53. The minimum atomic E-state index is -0.505. The summed E-state index contributed by atoms with van der Waals surface area (Å²) in [6.07, 6.45) is 2.94. The highest BCUT2D eigenvalue weighted by Gasteiger charge is 2.38. The van der Waals surface area contributed by atoms with Crippen LogP contribution in [0.25, 0.3) is 16.6 Å². The third-order valence-corrected chi connectivity index (χ3v) is 5.66. The van der Waals surface area contributed by atoms with Crippen LogP contribution in [0.3, 0.4) is 0 Å². The van der Waals surface area contributed by atoms with Gasteiger partial charge >= 0.3 is 0 Å². The second-order valence-electron chi connectivity index (χ2n) is 9.57. The summed E-state index contributed by atoms with van der Waals surface area (Å²) in [5, 5.41) is 7.06. The number of benzene rings is 2. The topological polar surface area (TPSA) is 76.0 Å². The second kappa shape index (κ2) is 7.57. The number of aromatic nitrogens is 2. The zero-order valence-electron chi connectivity index (χ0n) is 18.2. The molecule has 2 aromatic carbocycles. The molecule has 1 saturated heterocycles. The maximum absolute atomic E-state index is 14.1. The largest absolute Gasteiger partial charge is 0.349 e. The molecule has 7 heteroatoms. The van der Waals surface area contributed by atoms with Gasteiger partial charge in [-0.25, -0.2) is 9.37 Å². The molecule has 0 aliphatic carbocycles. The lowest BCUT2D eigenvalue weighted by molar-refractivity contribution is 0.0873. The molecule has 0 saturated carbocycles. The van der Waals surface area contributed by atoms with Gasteiger partial charge in [0.2, 0.25) is 0 Å². The van der Waals surface area contributed by atoms with Crippen molar-refractivity contribution in [2.45, 2.75) is 57.7 Å². The van der Waals surface area contributed by atoms with Crippen molar-refractivity contribution in [2.75, 3.05) is 0 Å². The van der Waals surface area contributed by atoms with Crippen LogP contribution in [-0.2, 0) is 0 Å². The van der Waals surface area contributed by atoms with Crippen molar-refractivity contribution in [3.63, 3.8) is 0 Å². The number of fused-ring (bicyclic) bond motifs is 1. The van der Waals surface area contributed by atoms with Crippen molar-refractivity contribution in [1.29, 1.82) is 0 Å². The van der Waals surface area contributed by atoms with Crippen LogP contribution in [-0.4, -0.2) is 32.6 Å². The highest BCUT2D eigenvalue weighted by molar-refractivity contribution is 5.97. The molecule has 31 heavy (non-hydrogen) atoms. The van der Waals surface area contributed by atoms with Crippen molar-refractivity contribution < 1.29 is 9.18 Å². The first kappa shape index (κ1) is 21.2. The van der Waals surface area contributed by atoms with Gasteiger partial charge in [0.25, 0.3) is 11.5 Å². The van der Waals surface area contributed by atoms with Gasteiger partial charge in [-0.3, -0.25) is 14.2 Å². The summed E-state index contributed by atoms with van der Waals surface area (Å²) in [6, 6.07) is 10.9. The number of halogens is 1. The summed E-state index contributed by atoms with van der Waals surface area (Å²) in [5.74, 6) is -0.699. The minimum absolute atomic E-state index is 0.0384. The molecular weight excluding hydrogens is 395 g/mol. The van der Waals surface area contributed by atoms with Crippen molar-refractivity contribution in [1.82, 2.24) is 20.2 Å². The number of nitrogens with zero attached hydrogens (tertiary/aromatic N) is 2. The van der Waals surface area contributed by atoms with E-state index in [-0.39, 0.29) is 34.3 Å². The quantitative estimate of drug-likeness (QED) is 0.677. The molecule has 0 bridgehead atoms. The van der Waals surface area contributed by atoms with E-state index in [0.29, 0.717) is 16.5 Å². The summed E-state index contributed by atoms with van der Waals surface area (Å²) in [4.78, 5) is 30.1. The Balaban J connectivity index is 1.61. The first-order valence-electron chi connectivity index (χ1n) is 10.4. The Morgan fingerprint density at radius 1 is 1.13 bits per heavy atom. The Morgan fingerprint density at radius 3 is 2.48 bits per heavy atom. The van der Waals surface area contributed by atoms with E-state index in [2.05, 4.69) is 43.3 Å². The smallest absolute Gasteiger partial charge is 0.265 e. The molecule has 1 amide bonds. The van der Waals surface area contributed by atoms with Gasteiger partial charge in [0, 0.05) is 22.7 Å². The van der Waals surface area contributed by atoms with Crippen LogP contribution in [0.2, 0.25) is 0 Å². The van der Waals surface area contributed by atoms with Crippen LogP contribution in [0.4, 0.5) is 4.39 Å². The van der Waals surface area contributed by atoms with Crippen LogP contribution in [0.15, 0.2) is 53.6 Å². The number of nitrogens with one attached hydrogen (secondary N) is 2. The summed E-state index contributed by atoms with van der Waals surface area (Å²) >= 11 is 0. The fourth-order valence-electron chi connectivity index (χ4n) is 4.77.